The van der Waals surface area contributed by atoms with E-state index >= 15 is 0 Å². The Hall–Kier alpha value is 0.170. The molecule has 94 valence electrons. The van der Waals surface area contributed by atoms with Gasteiger partial charge < -0.3 is 4.55 Å². The zero-order valence-electron chi connectivity index (χ0n) is 9.33. The molecule has 10 heteroatoms. The van der Waals surface area contributed by atoms with Crippen molar-refractivity contribution in [1.29, 1.82) is 0 Å². The minimum Gasteiger partial charge on any atom is -0.739 e. The van der Waals surface area contributed by atoms with Crippen molar-refractivity contribution in [1.82, 2.24) is 0 Å². The molecule has 0 aliphatic rings. The van der Waals surface area contributed by atoms with E-state index in [4.69, 9.17) is 11.6 Å². The van der Waals surface area contributed by atoms with Gasteiger partial charge in [-0.05, 0) is 23.3 Å². The monoisotopic (exact) mass is 319 g/mol. The van der Waals surface area contributed by atoms with Gasteiger partial charge in [0.1, 0.15) is 9.15 Å². The smallest absolute Gasteiger partial charge is 0.739 e. The summed E-state index contributed by atoms with van der Waals surface area (Å²) in [5, 5.41) is 10.9. The third-order valence-electron chi connectivity index (χ3n) is 1.84. The summed E-state index contributed by atoms with van der Waals surface area (Å²) in [6, 6.07) is 4.10. The molecule has 0 saturated carbocycles. The van der Waals surface area contributed by atoms with Crippen LogP contribution >= 0.6 is 22.4 Å². The second-order valence-corrected chi connectivity index (χ2v) is 6.84. The molecule has 0 radical (unpaired) electrons. The van der Waals surface area contributed by atoms with Crippen LogP contribution in [0.2, 0.25) is 5.02 Å². The van der Waals surface area contributed by atoms with Gasteiger partial charge in [-0.15, -0.1) is 0 Å². The number of hydrogen-bond acceptors (Lipinski definition) is 6. The molecule has 0 atom stereocenters. The summed E-state index contributed by atoms with van der Waals surface area (Å²) in [6.45, 7) is 0. The molecule has 1 aromatic rings. The van der Waals surface area contributed by atoms with Crippen LogP contribution in [0.15, 0.2) is 18.2 Å². The van der Waals surface area contributed by atoms with Crippen molar-refractivity contribution in [2.75, 3.05) is 5.75 Å². The molecule has 0 saturated heterocycles. The molecule has 6 nitrogen and oxygen atoms in total. The molecule has 1 rings (SSSR count). The molecule has 0 unspecified atom stereocenters. The quantitative estimate of drug-likeness (QED) is 0.227. The van der Waals surface area contributed by atoms with E-state index in [1.54, 1.807) is 0 Å². The molecule has 0 aromatic heterocycles. The number of nitro groups is 1. The second kappa shape index (κ2) is 7.68. The van der Waals surface area contributed by atoms with Gasteiger partial charge >= 0.3 is 29.6 Å². The molecule has 0 N–H and O–H groups in total. The van der Waals surface area contributed by atoms with Crippen molar-refractivity contribution in [3.63, 3.8) is 0 Å². The van der Waals surface area contributed by atoms with E-state index in [-0.39, 0.29) is 63.2 Å². The van der Waals surface area contributed by atoms with Crippen LogP contribution in [0.5, 0.6) is 0 Å². The molecule has 0 heterocycles. The predicted molar refractivity (Wildman–Crippen MR) is 64.0 cm³/mol. The molecule has 0 aliphatic heterocycles. The summed E-state index contributed by atoms with van der Waals surface area (Å²) in [7, 11) is -4.15. The van der Waals surface area contributed by atoms with Crippen LogP contribution in [-0.2, 0) is 15.6 Å². The summed E-state index contributed by atoms with van der Waals surface area (Å²) in [6.07, 6.45) is 0.111. The minimum absolute atomic E-state index is 0. The predicted octanol–water partition coefficient (Wildman–Crippen LogP) is -1.01. The number of nitrogens with zero attached hydrogens (tertiary/aromatic N) is 1. The van der Waals surface area contributed by atoms with Gasteiger partial charge in [0.15, 0.2) is 0 Å². The third-order valence-corrected chi connectivity index (χ3v) is 4.10. The molecular weight excluding hydrogens is 313 g/mol. The first-order valence-electron chi connectivity index (χ1n) is 4.32. The number of benzene rings is 1. The van der Waals surface area contributed by atoms with E-state index in [9.17, 15) is 23.1 Å². The van der Waals surface area contributed by atoms with E-state index in [0.717, 1.165) is 0 Å². The molecule has 0 amide bonds. The van der Waals surface area contributed by atoms with Gasteiger partial charge in [-0.1, -0.05) is 17.7 Å². The molecule has 18 heavy (non-hydrogen) atoms. The molecule has 0 aliphatic carbocycles. The van der Waals surface area contributed by atoms with E-state index in [2.05, 4.69) is 0 Å². The molecular formula is C8H7ClNNaO5S2. The normalized spacial score (nSPS) is 10.8. The maximum Gasteiger partial charge on any atom is 1.00 e. The van der Waals surface area contributed by atoms with Crippen LogP contribution < -0.4 is 29.6 Å². The number of halogens is 1. The van der Waals surface area contributed by atoms with Gasteiger partial charge in [0.25, 0.3) is 5.69 Å². The summed E-state index contributed by atoms with van der Waals surface area (Å²) < 4.78 is 31.0. The average Bonchev–Trinajstić information content (AvgIpc) is 2.18. The maximum absolute atomic E-state index is 10.7. The number of nitro benzene ring substituents is 1. The van der Waals surface area contributed by atoms with E-state index in [1.165, 1.54) is 18.2 Å². The Morgan fingerprint density at radius 3 is 2.50 bits per heavy atom. The van der Waals surface area contributed by atoms with E-state index in [0.29, 0.717) is 5.56 Å². The van der Waals surface area contributed by atoms with Crippen molar-refractivity contribution in [3.05, 3.63) is 38.9 Å². The summed E-state index contributed by atoms with van der Waals surface area (Å²) >= 11 is 5.61. The maximum atomic E-state index is 10.7. The molecule has 0 bridgehead atoms. The van der Waals surface area contributed by atoms with Crippen LogP contribution in [0.1, 0.15) is 5.56 Å². The van der Waals surface area contributed by atoms with Crippen LogP contribution in [0.25, 0.3) is 0 Å². The van der Waals surface area contributed by atoms with Gasteiger partial charge in [0.05, 0.1) is 4.92 Å². The summed E-state index contributed by atoms with van der Waals surface area (Å²) in [5.74, 6) is -0.0334. The van der Waals surface area contributed by atoms with Gasteiger partial charge in [-0.3, -0.25) is 10.1 Å². The molecule has 1 aromatic carbocycles. The van der Waals surface area contributed by atoms with Crippen molar-refractivity contribution in [3.8, 4) is 0 Å². The van der Waals surface area contributed by atoms with Gasteiger partial charge in [0.2, 0.25) is 0 Å². The largest absolute Gasteiger partial charge is 1.00 e. The Balaban J connectivity index is 0.00000289. The number of aryl methyl sites for hydroxylation is 1. The first-order chi connectivity index (χ1) is 7.79. The second-order valence-electron chi connectivity index (χ2n) is 3.01. The first-order valence-corrected chi connectivity index (χ1v) is 7.61. The van der Waals surface area contributed by atoms with E-state index < -0.39 is 14.1 Å². The van der Waals surface area contributed by atoms with Crippen LogP contribution in [0.4, 0.5) is 5.69 Å². The third kappa shape index (κ3) is 6.37. The Labute approximate surface area is 135 Å². The standard InChI is InChI=1S/C8H8ClNO5S2.Na/c9-7-2-1-6(8(5-7)10(11)12)3-4-16-17(13,14)15;/h1-2,5H,3-4H2,(H,13,14,15);/q;+1/p-1. The van der Waals surface area contributed by atoms with Gasteiger partial charge in [-0.2, -0.15) is 0 Å². The fourth-order valence-electron chi connectivity index (χ4n) is 1.17. The van der Waals surface area contributed by atoms with Crippen LogP contribution in [0.3, 0.4) is 0 Å². The fourth-order valence-corrected chi connectivity index (χ4v) is 2.71. The van der Waals surface area contributed by atoms with Crippen LogP contribution in [-0.4, -0.2) is 23.6 Å². The SMILES string of the molecule is O=[N+]([O-])c1cc(Cl)ccc1CCSS(=O)(=O)[O-].[Na+]. The van der Waals surface area contributed by atoms with E-state index in [1.807, 2.05) is 0 Å². The number of rotatable bonds is 5. The Bertz CT molecular complexity index is 536. The first kappa shape index (κ1) is 18.2. The van der Waals surface area contributed by atoms with Crippen molar-refractivity contribution in [2.45, 2.75) is 6.42 Å². The average molecular weight is 320 g/mol. The molecule has 0 spiro atoms. The Kier molecular flexibility index (Phi) is 7.76. The Morgan fingerprint density at radius 2 is 2.00 bits per heavy atom. The van der Waals surface area contributed by atoms with Gasteiger partial charge in [-0.25, -0.2) is 8.42 Å². The minimum atomic E-state index is -4.36. The summed E-state index contributed by atoms with van der Waals surface area (Å²) in [4.78, 5) is 10.1. The summed E-state index contributed by atoms with van der Waals surface area (Å²) in [5.41, 5.74) is 0.164. The number of hydrogen-bond donors (Lipinski definition) is 0. The zero-order chi connectivity index (χ0) is 13.1. The van der Waals surface area contributed by atoms with Crippen molar-refractivity contribution < 1.29 is 47.5 Å². The van der Waals surface area contributed by atoms with Gasteiger partial charge in [0, 0.05) is 22.4 Å². The topological polar surface area (TPSA) is 100 Å². The van der Waals surface area contributed by atoms with Crippen molar-refractivity contribution in [2.24, 2.45) is 0 Å². The zero-order valence-corrected chi connectivity index (χ0v) is 13.7. The Morgan fingerprint density at radius 1 is 1.39 bits per heavy atom. The van der Waals surface area contributed by atoms with Crippen molar-refractivity contribution >= 4 is 37.2 Å². The van der Waals surface area contributed by atoms with Crippen LogP contribution in [0, 0.1) is 10.1 Å². The molecule has 0 fully saturated rings. The fraction of sp³-hybridized carbons (Fsp3) is 0.250.